The van der Waals surface area contributed by atoms with Crippen LogP contribution in [0.25, 0.3) is 0 Å². The minimum atomic E-state index is -0.0994. The molecule has 2 amide bonds. The van der Waals surface area contributed by atoms with Crippen molar-refractivity contribution in [2.45, 2.75) is 19.3 Å². The Morgan fingerprint density at radius 2 is 1.85 bits per heavy atom. The van der Waals surface area contributed by atoms with E-state index in [1.54, 1.807) is 19.0 Å². The standard InChI is InChI=1S/C20H23N3O2.ClH/c1-23(2)19(24)13-14-8-10-15(11-9-14)22-20(25)17-5-3-7-18-16(17)6-4-12-21-18;/h3,5,7-11,21H,4,6,12-13H2,1-2H3,(H,22,25);1H. The van der Waals surface area contributed by atoms with Crippen LogP contribution in [0.15, 0.2) is 42.5 Å². The quantitative estimate of drug-likeness (QED) is 0.863. The number of carbonyl (C=O) groups excluding carboxylic acids is 2. The van der Waals surface area contributed by atoms with Gasteiger partial charge in [0.25, 0.3) is 5.91 Å². The average molecular weight is 374 g/mol. The summed E-state index contributed by atoms with van der Waals surface area (Å²) in [5.74, 6) is -0.0436. The van der Waals surface area contributed by atoms with Crippen LogP contribution in [0.5, 0.6) is 0 Å². The smallest absolute Gasteiger partial charge is 0.256 e. The Hall–Kier alpha value is -2.53. The van der Waals surface area contributed by atoms with E-state index in [-0.39, 0.29) is 24.2 Å². The van der Waals surface area contributed by atoms with Crippen LogP contribution in [0, 0.1) is 0 Å². The lowest BCUT2D eigenvalue weighted by Gasteiger charge is -2.20. The van der Waals surface area contributed by atoms with Gasteiger partial charge < -0.3 is 15.5 Å². The van der Waals surface area contributed by atoms with Crippen molar-refractivity contribution in [3.8, 4) is 0 Å². The topological polar surface area (TPSA) is 61.4 Å². The van der Waals surface area contributed by atoms with Crippen LogP contribution in [0.3, 0.4) is 0 Å². The molecule has 0 radical (unpaired) electrons. The minimum Gasteiger partial charge on any atom is -0.385 e. The summed E-state index contributed by atoms with van der Waals surface area (Å²) < 4.78 is 0. The maximum absolute atomic E-state index is 12.6. The van der Waals surface area contributed by atoms with Gasteiger partial charge in [-0.3, -0.25) is 9.59 Å². The molecule has 2 N–H and O–H groups in total. The highest BCUT2D eigenvalue weighted by atomic mass is 35.5. The van der Waals surface area contributed by atoms with Gasteiger partial charge in [-0.25, -0.2) is 0 Å². The van der Waals surface area contributed by atoms with Crippen LogP contribution in [-0.2, 0) is 17.6 Å². The molecule has 1 aliphatic rings. The fraction of sp³-hybridized carbons (Fsp3) is 0.300. The van der Waals surface area contributed by atoms with Gasteiger partial charge in [0.15, 0.2) is 0 Å². The molecule has 0 fully saturated rings. The van der Waals surface area contributed by atoms with E-state index in [2.05, 4.69) is 10.6 Å². The van der Waals surface area contributed by atoms with Gasteiger partial charge in [0, 0.05) is 37.6 Å². The van der Waals surface area contributed by atoms with E-state index < -0.39 is 0 Å². The van der Waals surface area contributed by atoms with Crippen molar-refractivity contribution in [1.82, 2.24) is 4.90 Å². The molecule has 3 rings (SSSR count). The van der Waals surface area contributed by atoms with E-state index >= 15 is 0 Å². The average Bonchev–Trinajstić information content (AvgIpc) is 2.62. The molecule has 0 aliphatic carbocycles. The van der Waals surface area contributed by atoms with Gasteiger partial charge in [-0.15, -0.1) is 12.4 Å². The second-order valence-electron chi connectivity index (χ2n) is 6.48. The summed E-state index contributed by atoms with van der Waals surface area (Å²) in [4.78, 5) is 26.0. The normalized spacial score (nSPS) is 12.2. The van der Waals surface area contributed by atoms with Crippen LogP contribution in [-0.4, -0.2) is 37.4 Å². The van der Waals surface area contributed by atoms with Gasteiger partial charge in [0.05, 0.1) is 6.42 Å². The van der Waals surface area contributed by atoms with Gasteiger partial charge in [-0.1, -0.05) is 18.2 Å². The zero-order valence-electron chi connectivity index (χ0n) is 15.0. The third kappa shape index (κ3) is 4.55. The fourth-order valence-electron chi connectivity index (χ4n) is 2.96. The molecule has 26 heavy (non-hydrogen) atoms. The predicted molar refractivity (Wildman–Crippen MR) is 107 cm³/mol. The number of likely N-dealkylation sites (N-methyl/N-ethyl adjacent to an activating group) is 1. The number of hydrogen-bond donors (Lipinski definition) is 2. The van der Waals surface area contributed by atoms with Crippen molar-refractivity contribution in [3.63, 3.8) is 0 Å². The Morgan fingerprint density at radius 3 is 2.54 bits per heavy atom. The second-order valence-corrected chi connectivity index (χ2v) is 6.48. The van der Waals surface area contributed by atoms with E-state index in [9.17, 15) is 9.59 Å². The first-order chi connectivity index (χ1) is 12.0. The molecular weight excluding hydrogens is 350 g/mol. The highest BCUT2D eigenvalue weighted by Gasteiger charge is 2.17. The molecule has 0 atom stereocenters. The number of carbonyl (C=O) groups is 2. The van der Waals surface area contributed by atoms with Gasteiger partial charge in [-0.2, -0.15) is 0 Å². The maximum atomic E-state index is 12.6. The monoisotopic (exact) mass is 373 g/mol. The van der Waals surface area contributed by atoms with Crippen molar-refractivity contribution in [3.05, 3.63) is 59.2 Å². The zero-order valence-corrected chi connectivity index (χ0v) is 15.9. The molecule has 2 aromatic rings. The van der Waals surface area contributed by atoms with E-state index in [4.69, 9.17) is 0 Å². The molecule has 0 aromatic heterocycles. The SMILES string of the molecule is CN(C)C(=O)Cc1ccc(NC(=O)c2cccc3c2CCCN3)cc1.Cl. The number of anilines is 2. The highest BCUT2D eigenvalue weighted by molar-refractivity contribution is 6.06. The Bertz CT molecular complexity index is 788. The Morgan fingerprint density at radius 1 is 1.12 bits per heavy atom. The predicted octanol–water partition coefficient (Wildman–Crippen LogP) is 3.35. The Kier molecular flexibility index (Phi) is 6.64. The number of fused-ring (bicyclic) bond motifs is 1. The third-order valence-corrected chi connectivity index (χ3v) is 4.41. The van der Waals surface area contributed by atoms with Crippen LogP contribution in [0.4, 0.5) is 11.4 Å². The van der Waals surface area contributed by atoms with Gasteiger partial charge in [0.1, 0.15) is 0 Å². The first-order valence-corrected chi connectivity index (χ1v) is 8.51. The van der Waals surface area contributed by atoms with Crippen molar-refractivity contribution >= 4 is 35.6 Å². The fourth-order valence-corrected chi connectivity index (χ4v) is 2.96. The highest BCUT2D eigenvalue weighted by Crippen LogP contribution is 2.26. The Labute approximate surface area is 160 Å². The van der Waals surface area contributed by atoms with Gasteiger partial charge in [0.2, 0.25) is 5.91 Å². The van der Waals surface area contributed by atoms with Gasteiger partial charge in [-0.05, 0) is 48.2 Å². The first kappa shape index (κ1) is 19.8. The summed E-state index contributed by atoms with van der Waals surface area (Å²) in [6.45, 7) is 0.950. The van der Waals surface area contributed by atoms with E-state index in [1.165, 1.54) is 0 Å². The summed E-state index contributed by atoms with van der Waals surface area (Å²) >= 11 is 0. The molecule has 0 saturated carbocycles. The van der Waals surface area contributed by atoms with Gasteiger partial charge >= 0.3 is 0 Å². The molecular formula is C20H24ClN3O2. The van der Waals surface area contributed by atoms with Crippen molar-refractivity contribution < 1.29 is 9.59 Å². The summed E-state index contributed by atoms with van der Waals surface area (Å²) in [7, 11) is 3.48. The van der Waals surface area contributed by atoms with E-state index in [1.807, 2.05) is 42.5 Å². The Balaban J connectivity index is 0.00000243. The molecule has 0 spiro atoms. The van der Waals surface area contributed by atoms with Crippen molar-refractivity contribution in [2.24, 2.45) is 0 Å². The summed E-state index contributed by atoms with van der Waals surface area (Å²) in [5, 5.41) is 6.29. The van der Waals surface area contributed by atoms with Crippen molar-refractivity contribution in [1.29, 1.82) is 0 Å². The van der Waals surface area contributed by atoms with Crippen LogP contribution in [0.2, 0.25) is 0 Å². The van der Waals surface area contributed by atoms with E-state index in [0.29, 0.717) is 6.42 Å². The summed E-state index contributed by atoms with van der Waals surface area (Å²) in [6, 6.07) is 13.2. The summed E-state index contributed by atoms with van der Waals surface area (Å²) in [6.07, 6.45) is 2.31. The van der Waals surface area contributed by atoms with Crippen molar-refractivity contribution in [2.75, 3.05) is 31.3 Å². The number of halogens is 1. The molecule has 0 saturated heterocycles. The number of hydrogen-bond acceptors (Lipinski definition) is 3. The number of benzene rings is 2. The molecule has 0 bridgehead atoms. The molecule has 0 unspecified atom stereocenters. The van der Waals surface area contributed by atoms with Crippen LogP contribution in [0.1, 0.15) is 27.9 Å². The lowest BCUT2D eigenvalue weighted by atomic mass is 9.97. The molecule has 1 aliphatic heterocycles. The zero-order chi connectivity index (χ0) is 17.8. The lowest BCUT2D eigenvalue weighted by molar-refractivity contribution is -0.127. The molecule has 1 heterocycles. The van der Waals surface area contributed by atoms with Crippen LogP contribution >= 0.6 is 12.4 Å². The molecule has 138 valence electrons. The maximum Gasteiger partial charge on any atom is 0.256 e. The summed E-state index contributed by atoms with van der Waals surface area (Å²) in [5.41, 5.74) is 4.51. The third-order valence-electron chi connectivity index (χ3n) is 4.41. The van der Waals surface area contributed by atoms with E-state index in [0.717, 1.165) is 47.5 Å². The number of nitrogens with zero attached hydrogens (tertiary/aromatic N) is 1. The molecule has 5 nitrogen and oxygen atoms in total. The minimum absolute atomic E-state index is 0. The number of amides is 2. The molecule has 2 aromatic carbocycles. The first-order valence-electron chi connectivity index (χ1n) is 8.51. The number of rotatable bonds is 4. The number of nitrogens with one attached hydrogen (secondary N) is 2. The lowest BCUT2D eigenvalue weighted by Crippen LogP contribution is -2.23. The second kappa shape index (κ2) is 8.72. The van der Waals surface area contributed by atoms with Crippen LogP contribution < -0.4 is 10.6 Å². The largest absolute Gasteiger partial charge is 0.385 e. The molecule has 6 heteroatoms.